The van der Waals surface area contributed by atoms with Gasteiger partial charge in [-0.15, -0.1) is 0 Å². The van der Waals surface area contributed by atoms with E-state index in [4.69, 9.17) is 10.2 Å². The van der Waals surface area contributed by atoms with Crippen molar-refractivity contribution >= 4 is 11.9 Å². The summed E-state index contributed by atoms with van der Waals surface area (Å²) in [7, 11) is 0. The average molecular weight is 219 g/mol. The van der Waals surface area contributed by atoms with Crippen LogP contribution in [-0.4, -0.2) is 45.4 Å². The zero-order chi connectivity index (χ0) is 12.2. The Hall–Kier alpha value is -1.14. The number of hydrogen-bond acceptors (Lipinski definition) is 4. The zero-order valence-electron chi connectivity index (χ0n) is 8.97. The van der Waals surface area contributed by atoms with Crippen LogP contribution in [0.4, 0.5) is 0 Å². The molecule has 0 fully saturated rings. The van der Waals surface area contributed by atoms with Crippen molar-refractivity contribution in [2.45, 2.75) is 39.0 Å². The van der Waals surface area contributed by atoms with E-state index in [0.717, 1.165) is 0 Å². The van der Waals surface area contributed by atoms with Gasteiger partial charge >= 0.3 is 5.97 Å². The van der Waals surface area contributed by atoms with Crippen LogP contribution in [0.15, 0.2) is 0 Å². The van der Waals surface area contributed by atoms with Crippen LogP contribution in [0.25, 0.3) is 0 Å². The molecule has 88 valence electrons. The summed E-state index contributed by atoms with van der Waals surface area (Å²) in [4.78, 5) is 21.7. The third-order valence-electron chi connectivity index (χ3n) is 2.26. The number of hydrogen-bond donors (Lipinski definition) is 4. The largest absolute Gasteiger partial charge is 0.480 e. The van der Waals surface area contributed by atoms with Gasteiger partial charge < -0.3 is 20.6 Å². The highest BCUT2D eigenvalue weighted by Gasteiger charge is 2.27. The first-order chi connectivity index (χ1) is 6.77. The number of aliphatic hydroxyl groups excluding tert-OH is 2. The minimum absolute atomic E-state index is 0.647. The van der Waals surface area contributed by atoms with Crippen LogP contribution in [0.1, 0.15) is 20.8 Å². The first kappa shape index (κ1) is 13.9. The molecule has 0 aliphatic rings. The number of aliphatic carboxylic acids is 1. The molecule has 6 heteroatoms. The summed E-state index contributed by atoms with van der Waals surface area (Å²) in [6.07, 6.45) is -2.25. The molecule has 0 bridgehead atoms. The maximum Gasteiger partial charge on any atom is 0.325 e. The van der Waals surface area contributed by atoms with Gasteiger partial charge in [0.15, 0.2) is 0 Å². The first-order valence-electron chi connectivity index (χ1n) is 4.66. The maximum atomic E-state index is 11.3. The molecule has 4 N–H and O–H groups in total. The van der Waals surface area contributed by atoms with Gasteiger partial charge in [0.25, 0.3) is 0 Å². The maximum absolute atomic E-state index is 11.3. The third kappa shape index (κ3) is 4.26. The summed E-state index contributed by atoms with van der Waals surface area (Å²) in [5, 5.41) is 29.2. The fourth-order valence-electron chi connectivity index (χ4n) is 0.863. The second-order valence-electron chi connectivity index (χ2n) is 3.61. The van der Waals surface area contributed by atoms with Crippen molar-refractivity contribution in [3.63, 3.8) is 0 Å². The molecule has 1 amide bonds. The predicted molar refractivity (Wildman–Crippen MR) is 52.1 cm³/mol. The number of rotatable bonds is 5. The zero-order valence-corrected chi connectivity index (χ0v) is 8.97. The molecule has 0 aliphatic carbocycles. The van der Waals surface area contributed by atoms with Crippen molar-refractivity contribution in [2.24, 2.45) is 5.92 Å². The summed E-state index contributed by atoms with van der Waals surface area (Å²) in [6, 6.07) is -1.06. The molecule has 0 aromatic heterocycles. The van der Waals surface area contributed by atoms with Crippen LogP contribution in [0.5, 0.6) is 0 Å². The Bertz CT molecular complexity index is 241. The minimum Gasteiger partial charge on any atom is -0.480 e. The molecule has 0 spiro atoms. The highest BCUT2D eigenvalue weighted by Crippen LogP contribution is 2.08. The lowest BCUT2D eigenvalue weighted by Gasteiger charge is -2.21. The molecule has 0 aliphatic heterocycles. The fourth-order valence-corrected chi connectivity index (χ4v) is 0.863. The molecular weight excluding hydrogens is 202 g/mol. The Morgan fingerprint density at radius 2 is 1.60 bits per heavy atom. The number of aliphatic hydroxyl groups is 2. The van der Waals surface area contributed by atoms with E-state index in [-0.39, 0.29) is 0 Å². The summed E-state index contributed by atoms with van der Waals surface area (Å²) >= 11 is 0. The van der Waals surface area contributed by atoms with Gasteiger partial charge in [-0.1, -0.05) is 6.92 Å². The second-order valence-corrected chi connectivity index (χ2v) is 3.61. The molecule has 0 aromatic carbocycles. The number of carbonyl (C=O) groups excluding carboxylic acids is 1. The molecular formula is C9H17NO5. The van der Waals surface area contributed by atoms with Crippen molar-refractivity contribution < 1.29 is 24.9 Å². The lowest BCUT2D eigenvalue weighted by Crippen LogP contribution is -2.47. The summed E-state index contributed by atoms with van der Waals surface area (Å²) in [5.41, 5.74) is 0. The predicted octanol–water partition coefficient (Wildman–Crippen LogP) is -1.05. The van der Waals surface area contributed by atoms with Crippen LogP contribution >= 0.6 is 0 Å². The van der Waals surface area contributed by atoms with Crippen LogP contribution in [0.2, 0.25) is 0 Å². The molecule has 15 heavy (non-hydrogen) atoms. The quantitative estimate of drug-likeness (QED) is 0.472. The molecule has 0 radical (unpaired) electrons. The number of amides is 1. The van der Waals surface area contributed by atoms with Gasteiger partial charge in [0.2, 0.25) is 5.91 Å². The van der Waals surface area contributed by atoms with Crippen LogP contribution in [0, 0.1) is 5.92 Å². The SMILES string of the molecule is CC(NC(=O)C(O)C(C)C(C)O)C(=O)O. The molecule has 0 aromatic rings. The van der Waals surface area contributed by atoms with Crippen molar-refractivity contribution in [3.05, 3.63) is 0 Å². The second kappa shape index (κ2) is 5.67. The van der Waals surface area contributed by atoms with E-state index in [9.17, 15) is 14.7 Å². The first-order valence-corrected chi connectivity index (χ1v) is 4.66. The van der Waals surface area contributed by atoms with Crippen LogP contribution in [-0.2, 0) is 9.59 Å². The van der Waals surface area contributed by atoms with Gasteiger partial charge in [-0.3, -0.25) is 9.59 Å². The Morgan fingerprint density at radius 1 is 1.13 bits per heavy atom. The molecule has 0 saturated heterocycles. The van der Waals surface area contributed by atoms with Crippen molar-refractivity contribution in [1.29, 1.82) is 0 Å². The van der Waals surface area contributed by atoms with E-state index in [1.807, 2.05) is 0 Å². The van der Waals surface area contributed by atoms with Crippen molar-refractivity contribution in [1.82, 2.24) is 5.32 Å². The molecule has 0 heterocycles. The van der Waals surface area contributed by atoms with Crippen molar-refractivity contribution in [2.75, 3.05) is 0 Å². The minimum atomic E-state index is -1.41. The standard InChI is InChI=1S/C9H17NO5/c1-4(6(3)11)7(12)8(13)10-5(2)9(14)15/h4-7,11-12H,1-3H3,(H,10,13)(H,14,15). The van der Waals surface area contributed by atoms with Gasteiger partial charge in [-0.2, -0.15) is 0 Å². The van der Waals surface area contributed by atoms with Gasteiger partial charge in [0.05, 0.1) is 6.10 Å². The third-order valence-corrected chi connectivity index (χ3v) is 2.26. The van der Waals surface area contributed by atoms with Gasteiger partial charge in [-0.05, 0) is 13.8 Å². The number of nitrogens with one attached hydrogen (secondary N) is 1. The van der Waals surface area contributed by atoms with E-state index in [1.165, 1.54) is 20.8 Å². The molecule has 4 atom stereocenters. The Kier molecular flexibility index (Phi) is 5.24. The van der Waals surface area contributed by atoms with Gasteiger partial charge in [0, 0.05) is 5.92 Å². The lowest BCUT2D eigenvalue weighted by molar-refractivity contribution is -0.144. The van der Waals surface area contributed by atoms with Crippen LogP contribution < -0.4 is 5.32 Å². The molecule has 0 rings (SSSR count). The highest BCUT2D eigenvalue weighted by molar-refractivity contribution is 5.86. The smallest absolute Gasteiger partial charge is 0.325 e. The summed E-state index contributed by atoms with van der Waals surface area (Å²) in [5.74, 6) is -2.62. The van der Waals surface area contributed by atoms with E-state index < -0.39 is 36.0 Å². The monoisotopic (exact) mass is 219 g/mol. The number of carboxylic acid groups (broad SMARTS) is 1. The number of carbonyl (C=O) groups is 2. The van der Waals surface area contributed by atoms with E-state index in [0.29, 0.717) is 0 Å². The number of carboxylic acids is 1. The lowest BCUT2D eigenvalue weighted by atomic mass is 9.98. The fraction of sp³-hybridized carbons (Fsp3) is 0.778. The average Bonchev–Trinajstić information content (AvgIpc) is 2.14. The van der Waals surface area contributed by atoms with Gasteiger partial charge in [-0.25, -0.2) is 0 Å². The summed E-state index contributed by atoms with van der Waals surface area (Å²) < 4.78 is 0. The Balaban J connectivity index is 4.27. The highest BCUT2D eigenvalue weighted by atomic mass is 16.4. The Morgan fingerprint density at radius 3 is 1.93 bits per heavy atom. The van der Waals surface area contributed by atoms with Gasteiger partial charge in [0.1, 0.15) is 12.1 Å². The summed E-state index contributed by atoms with van der Waals surface area (Å²) in [6.45, 7) is 4.24. The van der Waals surface area contributed by atoms with E-state index in [2.05, 4.69) is 5.32 Å². The van der Waals surface area contributed by atoms with E-state index in [1.54, 1.807) is 0 Å². The molecule has 6 nitrogen and oxygen atoms in total. The molecule has 0 saturated carbocycles. The van der Waals surface area contributed by atoms with E-state index >= 15 is 0 Å². The van der Waals surface area contributed by atoms with Crippen molar-refractivity contribution in [3.8, 4) is 0 Å². The Labute approximate surface area is 87.9 Å². The molecule has 4 unspecified atom stereocenters. The topological polar surface area (TPSA) is 107 Å². The normalized spacial score (nSPS) is 18.7. The van der Waals surface area contributed by atoms with Crippen LogP contribution in [0.3, 0.4) is 0 Å².